The fourth-order valence-electron chi connectivity index (χ4n) is 0.136. The molecule has 3 N–H and O–H groups in total. The number of rotatable bonds is 3. The number of aliphatic hydroxyl groups excluding tert-OH is 1. The third-order valence-corrected chi connectivity index (χ3v) is 0.327. The van der Waals surface area contributed by atoms with Crippen molar-refractivity contribution < 1.29 is 27.4 Å². The van der Waals surface area contributed by atoms with Gasteiger partial charge in [0.05, 0.1) is 6.61 Å². The minimum absolute atomic E-state index is 0.216. The van der Waals surface area contributed by atoms with Gasteiger partial charge in [-0.2, -0.15) is 8.42 Å². The lowest BCUT2D eigenvalue weighted by Gasteiger charge is -1.87. The summed E-state index contributed by atoms with van der Waals surface area (Å²) < 4.78 is 36.0. The Morgan fingerprint density at radius 1 is 1.45 bits per heavy atom. The van der Waals surface area contributed by atoms with Crippen LogP contribution in [0.1, 0.15) is 0 Å². The zero-order valence-electron chi connectivity index (χ0n) is 5.67. The minimum Gasteiger partial charge on any atom is -0.371 e. The average Bonchev–Trinajstić information content (AvgIpc) is 1.79. The molecule has 6 nitrogen and oxygen atoms in total. The van der Waals surface area contributed by atoms with Gasteiger partial charge in [-0.25, -0.2) is 0 Å². The van der Waals surface area contributed by atoms with E-state index in [1.807, 2.05) is 0 Å². The summed E-state index contributed by atoms with van der Waals surface area (Å²) in [6.45, 7) is 3.57. The Balaban J connectivity index is 0. The summed E-state index contributed by atoms with van der Waals surface area (Å²) in [5, 5.41) is 7.93. The van der Waals surface area contributed by atoms with Gasteiger partial charge < -0.3 is 9.84 Å². The molecular formula is C4H10O6S. The maximum Gasteiger partial charge on any atom is 0.394 e. The van der Waals surface area contributed by atoms with Crippen LogP contribution in [0.5, 0.6) is 0 Å². The molecule has 0 aromatic heterocycles. The van der Waals surface area contributed by atoms with Gasteiger partial charge >= 0.3 is 10.4 Å². The summed E-state index contributed by atoms with van der Waals surface area (Å²) in [5.74, 6) is 0. The Morgan fingerprint density at radius 2 is 1.82 bits per heavy atom. The predicted molar refractivity (Wildman–Crippen MR) is 37.4 cm³/mol. The fraction of sp³-hybridized carbons (Fsp3) is 0.500. The normalized spacial score (nSPS) is 9.73. The first-order valence-corrected chi connectivity index (χ1v) is 3.81. The predicted octanol–water partition coefficient (Wildman–Crippen LogP) is -0.514. The van der Waals surface area contributed by atoms with Crippen molar-refractivity contribution in [3.8, 4) is 0 Å². The molecule has 0 aliphatic rings. The maximum absolute atomic E-state index is 8.74. The highest BCUT2D eigenvalue weighted by Gasteiger charge is 1.84. The van der Waals surface area contributed by atoms with Crippen molar-refractivity contribution in [2.75, 3.05) is 13.4 Å². The van der Waals surface area contributed by atoms with Crippen LogP contribution in [0.25, 0.3) is 0 Å². The van der Waals surface area contributed by atoms with Crippen LogP contribution < -0.4 is 0 Å². The van der Waals surface area contributed by atoms with Gasteiger partial charge in [-0.05, 0) is 0 Å². The number of hydrogen-bond acceptors (Lipinski definition) is 4. The highest BCUT2D eigenvalue weighted by molar-refractivity contribution is 7.79. The van der Waals surface area contributed by atoms with Gasteiger partial charge in [-0.15, -0.1) is 6.58 Å². The van der Waals surface area contributed by atoms with Crippen LogP contribution in [0.15, 0.2) is 12.7 Å². The molecule has 0 saturated heterocycles. The minimum atomic E-state index is -4.67. The van der Waals surface area contributed by atoms with E-state index in [1.54, 1.807) is 6.08 Å². The Hall–Kier alpha value is -0.470. The molecule has 0 bridgehead atoms. The monoisotopic (exact) mass is 186 g/mol. The largest absolute Gasteiger partial charge is 0.394 e. The first-order chi connectivity index (χ1) is 4.91. The second kappa shape index (κ2) is 7.63. The third-order valence-electron chi connectivity index (χ3n) is 0.327. The molecule has 0 saturated carbocycles. The molecule has 11 heavy (non-hydrogen) atoms. The highest BCUT2D eigenvalue weighted by atomic mass is 32.3. The quantitative estimate of drug-likeness (QED) is 0.237. The van der Waals surface area contributed by atoms with E-state index in [0.717, 1.165) is 0 Å². The van der Waals surface area contributed by atoms with Crippen molar-refractivity contribution in [3.05, 3.63) is 12.7 Å². The third kappa shape index (κ3) is 84.4. The first kappa shape index (κ1) is 13.1. The van der Waals surface area contributed by atoms with E-state index >= 15 is 0 Å². The summed E-state index contributed by atoms with van der Waals surface area (Å²) >= 11 is 0. The molecule has 0 aliphatic heterocycles. The van der Waals surface area contributed by atoms with Gasteiger partial charge in [-0.1, -0.05) is 6.08 Å². The summed E-state index contributed by atoms with van der Waals surface area (Å²) in [6, 6.07) is 0. The molecule has 0 atom stereocenters. The zero-order valence-corrected chi connectivity index (χ0v) is 6.49. The van der Waals surface area contributed by atoms with Crippen molar-refractivity contribution in [2.24, 2.45) is 0 Å². The molecule has 0 unspecified atom stereocenters. The van der Waals surface area contributed by atoms with Gasteiger partial charge in [-0.3, -0.25) is 9.11 Å². The van der Waals surface area contributed by atoms with Crippen LogP contribution in [0, 0.1) is 0 Å². The number of ether oxygens (including phenoxy) is 1. The van der Waals surface area contributed by atoms with E-state index in [0.29, 0.717) is 6.61 Å². The van der Waals surface area contributed by atoms with Crippen LogP contribution in [0.2, 0.25) is 0 Å². The molecule has 68 valence electrons. The van der Waals surface area contributed by atoms with Crippen molar-refractivity contribution in [1.82, 2.24) is 0 Å². The van der Waals surface area contributed by atoms with Crippen LogP contribution in [-0.4, -0.2) is 36.0 Å². The lowest BCUT2D eigenvalue weighted by Crippen LogP contribution is -1.89. The van der Waals surface area contributed by atoms with Gasteiger partial charge in [0.1, 0.15) is 6.79 Å². The lowest BCUT2D eigenvalue weighted by atomic mass is 10.7. The van der Waals surface area contributed by atoms with Crippen LogP contribution in [0.4, 0.5) is 0 Å². The second-order valence-electron chi connectivity index (χ2n) is 1.24. The van der Waals surface area contributed by atoms with Crippen molar-refractivity contribution in [3.63, 3.8) is 0 Å². The highest BCUT2D eigenvalue weighted by Crippen LogP contribution is 1.66. The zero-order chi connectivity index (χ0) is 9.33. The average molecular weight is 186 g/mol. The molecule has 7 heteroatoms. The van der Waals surface area contributed by atoms with Gasteiger partial charge in [0.15, 0.2) is 0 Å². The summed E-state index contributed by atoms with van der Waals surface area (Å²) in [4.78, 5) is 0. The van der Waals surface area contributed by atoms with Crippen molar-refractivity contribution in [1.29, 1.82) is 0 Å². The Morgan fingerprint density at radius 3 is 1.91 bits per heavy atom. The smallest absolute Gasteiger partial charge is 0.371 e. The van der Waals surface area contributed by atoms with Gasteiger partial charge in [0, 0.05) is 0 Å². The molecule has 0 aliphatic carbocycles. The number of aliphatic hydroxyl groups is 1. The molecule has 0 rings (SSSR count). The molecule has 0 spiro atoms. The Bertz CT molecular complexity index is 163. The summed E-state index contributed by atoms with van der Waals surface area (Å²) in [7, 11) is -4.67. The van der Waals surface area contributed by atoms with E-state index in [-0.39, 0.29) is 6.79 Å². The molecule has 0 amide bonds. The maximum atomic E-state index is 8.74. The van der Waals surface area contributed by atoms with Crippen LogP contribution >= 0.6 is 0 Å². The summed E-state index contributed by atoms with van der Waals surface area (Å²) in [5.41, 5.74) is 0. The fourth-order valence-corrected chi connectivity index (χ4v) is 0.136. The van der Waals surface area contributed by atoms with Gasteiger partial charge in [0.2, 0.25) is 0 Å². The molecular weight excluding hydrogens is 176 g/mol. The van der Waals surface area contributed by atoms with Crippen LogP contribution in [0.3, 0.4) is 0 Å². The standard InChI is InChI=1S/C4H8O2.H2O4S/c1-2-3-6-4-5;1-5(2,3)4/h2,5H,1,3-4H2;(H2,1,2,3,4). The van der Waals surface area contributed by atoms with Crippen molar-refractivity contribution in [2.45, 2.75) is 0 Å². The first-order valence-electron chi connectivity index (χ1n) is 2.41. The Kier molecular flexibility index (Phi) is 9.12. The molecule has 0 radical (unpaired) electrons. The Labute approximate surface area is 64.7 Å². The second-order valence-corrected chi connectivity index (χ2v) is 2.13. The number of hydrogen-bond donors (Lipinski definition) is 3. The van der Waals surface area contributed by atoms with E-state index in [1.165, 1.54) is 0 Å². The van der Waals surface area contributed by atoms with E-state index < -0.39 is 10.4 Å². The van der Waals surface area contributed by atoms with E-state index in [9.17, 15) is 0 Å². The molecule has 0 aromatic carbocycles. The van der Waals surface area contributed by atoms with E-state index in [2.05, 4.69) is 11.3 Å². The molecule has 0 fully saturated rings. The molecule has 0 heterocycles. The SMILES string of the molecule is C=CCOCO.O=S(=O)(O)O. The van der Waals surface area contributed by atoms with Crippen LogP contribution in [-0.2, 0) is 15.1 Å². The molecule has 0 aromatic rings. The lowest BCUT2D eigenvalue weighted by molar-refractivity contribution is 0.0132. The van der Waals surface area contributed by atoms with E-state index in [4.69, 9.17) is 22.6 Å². The van der Waals surface area contributed by atoms with Gasteiger partial charge in [0.25, 0.3) is 0 Å². The topological polar surface area (TPSA) is 104 Å². The summed E-state index contributed by atoms with van der Waals surface area (Å²) in [6.07, 6.45) is 1.58. The van der Waals surface area contributed by atoms with Crippen molar-refractivity contribution >= 4 is 10.4 Å².